The van der Waals surface area contributed by atoms with Gasteiger partial charge in [-0.2, -0.15) is 0 Å². The van der Waals surface area contributed by atoms with Crippen LogP contribution in [0.15, 0.2) is 66.4 Å². The third-order valence-electron chi connectivity index (χ3n) is 6.22. The van der Waals surface area contributed by atoms with Gasteiger partial charge in [0, 0.05) is 29.3 Å². The van der Waals surface area contributed by atoms with Gasteiger partial charge in [-0.15, -0.1) is 0 Å². The summed E-state index contributed by atoms with van der Waals surface area (Å²) >= 11 is 0. The molecule has 5 rings (SSSR count). The lowest BCUT2D eigenvalue weighted by Gasteiger charge is -2.34. The minimum atomic E-state index is -0.120. The van der Waals surface area contributed by atoms with Crippen molar-refractivity contribution >= 4 is 11.9 Å². The second-order valence-electron chi connectivity index (χ2n) is 8.16. The van der Waals surface area contributed by atoms with Gasteiger partial charge in [-0.1, -0.05) is 48.5 Å². The van der Waals surface area contributed by atoms with Gasteiger partial charge < -0.3 is 14.2 Å². The van der Waals surface area contributed by atoms with Gasteiger partial charge in [-0.25, -0.2) is 0 Å². The molecule has 3 aromatic rings. The minimum Gasteiger partial charge on any atom is -0.496 e. The predicted octanol–water partition coefficient (Wildman–Crippen LogP) is 5.53. The van der Waals surface area contributed by atoms with Gasteiger partial charge in [0.1, 0.15) is 24.0 Å². The lowest BCUT2D eigenvalue weighted by atomic mass is 9.99. The van der Waals surface area contributed by atoms with Crippen LogP contribution in [0.5, 0.6) is 17.2 Å². The van der Waals surface area contributed by atoms with Crippen LogP contribution in [-0.2, 0) is 6.54 Å². The van der Waals surface area contributed by atoms with E-state index >= 15 is 0 Å². The van der Waals surface area contributed by atoms with E-state index in [1.807, 2.05) is 55.5 Å². The lowest BCUT2D eigenvalue weighted by Crippen LogP contribution is -2.34. The first-order chi connectivity index (χ1) is 15.6. The second kappa shape index (κ2) is 8.17. The molecule has 0 bridgehead atoms. The molecule has 1 unspecified atom stereocenters. The number of hydrogen-bond donors (Lipinski definition) is 0. The first-order valence-corrected chi connectivity index (χ1v) is 10.7. The molecule has 3 aromatic carbocycles. The van der Waals surface area contributed by atoms with E-state index in [0.29, 0.717) is 36.1 Å². The molecular formula is C27H25NO4. The standard InChI is InChI=1S/C27H25NO4/c1-17-26-21(15-28(16-31-26)18(2)19-9-5-4-6-10-19)13-22-25(29)24(32-27(17)22)14-20-11-7-8-12-23(20)30-3/h4-14,18H,15-16H2,1-3H3/b24-14-. The van der Waals surface area contributed by atoms with Crippen molar-refractivity contribution in [3.63, 3.8) is 0 Å². The maximum atomic E-state index is 13.2. The lowest BCUT2D eigenvalue weighted by molar-refractivity contribution is 0.0609. The number of Topliss-reactive ketones (excluding diaryl/α,β-unsaturated/α-hetero) is 1. The van der Waals surface area contributed by atoms with Gasteiger partial charge in [-0.05, 0) is 37.6 Å². The molecule has 5 heteroatoms. The zero-order valence-corrected chi connectivity index (χ0v) is 18.4. The van der Waals surface area contributed by atoms with Gasteiger partial charge >= 0.3 is 0 Å². The van der Waals surface area contributed by atoms with E-state index in [-0.39, 0.29) is 11.8 Å². The third-order valence-corrected chi connectivity index (χ3v) is 6.22. The van der Waals surface area contributed by atoms with Crippen LogP contribution in [-0.4, -0.2) is 24.5 Å². The van der Waals surface area contributed by atoms with E-state index in [1.165, 1.54) is 5.56 Å². The summed E-state index contributed by atoms with van der Waals surface area (Å²) in [6.07, 6.45) is 1.74. The molecular weight excluding hydrogens is 402 g/mol. The Morgan fingerprint density at radius 3 is 2.59 bits per heavy atom. The molecule has 162 valence electrons. The molecule has 0 N–H and O–H groups in total. The normalized spacial score (nSPS) is 17.3. The first kappa shape index (κ1) is 20.3. The average molecular weight is 428 g/mol. The highest BCUT2D eigenvalue weighted by Gasteiger charge is 2.34. The van der Waals surface area contributed by atoms with Crippen molar-refractivity contribution < 1.29 is 19.0 Å². The maximum absolute atomic E-state index is 13.2. The minimum absolute atomic E-state index is 0.120. The fourth-order valence-corrected chi connectivity index (χ4v) is 4.38. The number of fused-ring (bicyclic) bond motifs is 2. The molecule has 0 aliphatic carbocycles. The van der Waals surface area contributed by atoms with E-state index < -0.39 is 0 Å². The van der Waals surface area contributed by atoms with Crippen LogP contribution in [0.25, 0.3) is 6.08 Å². The predicted molar refractivity (Wildman–Crippen MR) is 123 cm³/mol. The number of hydrogen-bond acceptors (Lipinski definition) is 5. The summed E-state index contributed by atoms with van der Waals surface area (Å²) in [6.45, 7) is 5.32. The second-order valence-corrected chi connectivity index (χ2v) is 8.16. The Kier molecular flexibility index (Phi) is 5.19. The molecule has 32 heavy (non-hydrogen) atoms. The Hall–Kier alpha value is -3.57. The van der Waals surface area contributed by atoms with Crippen LogP contribution in [0.1, 0.15) is 45.6 Å². The Morgan fingerprint density at radius 1 is 1.06 bits per heavy atom. The highest BCUT2D eigenvalue weighted by molar-refractivity contribution is 6.15. The number of carbonyl (C=O) groups excluding carboxylic acids is 1. The number of methoxy groups -OCH3 is 1. The summed E-state index contributed by atoms with van der Waals surface area (Å²) in [4.78, 5) is 15.4. The molecule has 2 aliphatic rings. The summed E-state index contributed by atoms with van der Waals surface area (Å²) in [7, 11) is 1.61. The quantitative estimate of drug-likeness (QED) is 0.512. The maximum Gasteiger partial charge on any atom is 0.231 e. The Bertz CT molecular complexity index is 1220. The zero-order valence-electron chi connectivity index (χ0n) is 18.4. The van der Waals surface area contributed by atoms with Crippen molar-refractivity contribution in [3.05, 3.63) is 94.2 Å². The van der Waals surface area contributed by atoms with Crippen LogP contribution in [0, 0.1) is 6.92 Å². The summed E-state index contributed by atoms with van der Waals surface area (Å²) < 4.78 is 17.6. The Balaban J connectivity index is 1.46. The number of rotatable bonds is 4. The number of nitrogens with zero attached hydrogens (tertiary/aromatic N) is 1. The molecule has 0 radical (unpaired) electrons. The van der Waals surface area contributed by atoms with Crippen LogP contribution in [0.4, 0.5) is 0 Å². The van der Waals surface area contributed by atoms with Gasteiger partial charge in [0.15, 0.2) is 5.76 Å². The summed E-state index contributed by atoms with van der Waals surface area (Å²) in [6, 6.07) is 20.0. The molecule has 5 nitrogen and oxygen atoms in total. The van der Waals surface area contributed by atoms with Crippen molar-refractivity contribution in [1.82, 2.24) is 4.90 Å². The number of allylic oxidation sites excluding steroid dienone is 1. The fraction of sp³-hybridized carbons (Fsp3) is 0.222. The van der Waals surface area contributed by atoms with E-state index in [4.69, 9.17) is 14.2 Å². The number of para-hydroxylation sites is 1. The summed E-state index contributed by atoms with van der Waals surface area (Å²) in [5, 5.41) is 0. The number of carbonyl (C=O) groups is 1. The van der Waals surface area contributed by atoms with Crippen LogP contribution >= 0.6 is 0 Å². The summed E-state index contributed by atoms with van der Waals surface area (Å²) in [5.74, 6) is 2.26. The number of ketones is 1. The van der Waals surface area contributed by atoms with Gasteiger partial charge in [-0.3, -0.25) is 9.69 Å². The fourth-order valence-electron chi connectivity index (χ4n) is 4.38. The smallest absolute Gasteiger partial charge is 0.231 e. The molecule has 0 fully saturated rings. The third kappa shape index (κ3) is 3.45. The van der Waals surface area contributed by atoms with Crippen LogP contribution in [0.3, 0.4) is 0 Å². The highest BCUT2D eigenvalue weighted by Crippen LogP contribution is 2.44. The molecule has 0 aromatic heterocycles. The topological polar surface area (TPSA) is 48.0 Å². The van der Waals surface area contributed by atoms with Crippen molar-refractivity contribution in [3.8, 4) is 17.2 Å². The first-order valence-electron chi connectivity index (χ1n) is 10.7. The van der Waals surface area contributed by atoms with Crippen LogP contribution < -0.4 is 14.2 Å². The van der Waals surface area contributed by atoms with Gasteiger partial charge in [0.25, 0.3) is 0 Å². The number of ether oxygens (including phenoxy) is 3. The largest absolute Gasteiger partial charge is 0.496 e. The zero-order chi connectivity index (χ0) is 22.2. The Labute approximate surface area is 187 Å². The molecule has 0 spiro atoms. The van der Waals surface area contributed by atoms with Crippen molar-refractivity contribution in [1.29, 1.82) is 0 Å². The average Bonchev–Trinajstić information content (AvgIpc) is 3.14. The van der Waals surface area contributed by atoms with Crippen molar-refractivity contribution in [2.24, 2.45) is 0 Å². The number of benzene rings is 3. The monoisotopic (exact) mass is 427 g/mol. The van der Waals surface area contributed by atoms with Gasteiger partial charge in [0.2, 0.25) is 5.78 Å². The van der Waals surface area contributed by atoms with E-state index in [9.17, 15) is 4.79 Å². The molecule has 0 saturated carbocycles. The van der Waals surface area contributed by atoms with E-state index in [0.717, 1.165) is 22.4 Å². The SMILES string of the molecule is COc1ccccc1/C=C1\Oc2c(cc3c(c2C)OCN(C(C)c2ccccc2)C3)C1=O. The molecule has 1 atom stereocenters. The molecule has 0 amide bonds. The highest BCUT2D eigenvalue weighted by atomic mass is 16.5. The van der Waals surface area contributed by atoms with Crippen molar-refractivity contribution in [2.75, 3.05) is 13.8 Å². The van der Waals surface area contributed by atoms with E-state index in [2.05, 4.69) is 24.0 Å². The Morgan fingerprint density at radius 2 is 1.81 bits per heavy atom. The van der Waals surface area contributed by atoms with E-state index in [1.54, 1.807) is 13.2 Å². The van der Waals surface area contributed by atoms with Gasteiger partial charge in [0.05, 0.1) is 12.7 Å². The van der Waals surface area contributed by atoms with Crippen molar-refractivity contribution in [2.45, 2.75) is 26.4 Å². The summed E-state index contributed by atoms with van der Waals surface area (Å²) in [5.41, 5.74) is 4.49. The molecule has 2 heterocycles. The van der Waals surface area contributed by atoms with Crippen LogP contribution in [0.2, 0.25) is 0 Å². The molecule has 2 aliphatic heterocycles. The molecule has 0 saturated heterocycles.